The molecule has 0 fully saturated rings. The second-order valence-corrected chi connectivity index (χ2v) is 9.96. The number of alkyl halides is 3. The van der Waals surface area contributed by atoms with E-state index in [1.54, 1.807) is 30.3 Å². The maximum absolute atomic E-state index is 12.7. The highest BCUT2D eigenvalue weighted by atomic mass is 35.6. The van der Waals surface area contributed by atoms with Crippen molar-refractivity contribution < 1.29 is 17.9 Å². The summed E-state index contributed by atoms with van der Waals surface area (Å²) in [6.45, 7) is -0.0692. The molecule has 0 spiro atoms. The summed E-state index contributed by atoms with van der Waals surface area (Å²) in [6, 6.07) is 14.1. The van der Waals surface area contributed by atoms with Gasteiger partial charge in [0.05, 0.1) is 4.90 Å². The Morgan fingerprint density at radius 2 is 1.62 bits per heavy atom. The van der Waals surface area contributed by atoms with Crippen LogP contribution >= 0.6 is 46.4 Å². The SMILES string of the molecule is O=C(N[C@H](C(Cl)(Cl)Cl)S(=O)(=O)c1ccc(Cl)cc1)OCc1ccccc1. The van der Waals surface area contributed by atoms with E-state index >= 15 is 0 Å². The molecule has 0 saturated carbocycles. The molecule has 5 nitrogen and oxygen atoms in total. The van der Waals surface area contributed by atoms with Crippen molar-refractivity contribution in [2.45, 2.75) is 20.7 Å². The van der Waals surface area contributed by atoms with Crippen LogP contribution in [0.2, 0.25) is 5.02 Å². The number of halogens is 4. The number of carbonyl (C=O) groups is 1. The van der Waals surface area contributed by atoms with Gasteiger partial charge in [0, 0.05) is 5.02 Å². The maximum atomic E-state index is 12.7. The Morgan fingerprint density at radius 3 is 2.15 bits per heavy atom. The van der Waals surface area contributed by atoms with Gasteiger partial charge < -0.3 is 10.1 Å². The Morgan fingerprint density at radius 1 is 1.04 bits per heavy atom. The molecule has 10 heteroatoms. The second kappa shape index (κ2) is 8.67. The highest BCUT2D eigenvalue weighted by Gasteiger charge is 2.45. The number of nitrogens with one attached hydrogen (secondary N) is 1. The fourth-order valence-electron chi connectivity index (χ4n) is 1.97. The lowest BCUT2D eigenvalue weighted by molar-refractivity contribution is 0.138. The van der Waals surface area contributed by atoms with Gasteiger partial charge in [-0.1, -0.05) is 76.7 Å². The van der Waals surface area contributed by atoms with E-state index in [2.05, 4.69) is 5.32 Å². The first-order valence-electron chi connectivity index (χ1n) is 7.14. The molecule has 2 rings (SSSR count). The minimum Gasteiger partial charge on any atom is -0.445 e. The molecule has 0 aliphatic heterocycles. The van der Waals surface area contributed by atoms with Gasteiger partial charge in [-0.2, -0.15) is 0 Å². The van der Waals surface area contributed by atoms with Gasteiger partial charge in [-0.3, -0.25) is 0 Å². The van der Waals surface area contributed by atoms with E-state index in [4.69, 9.17) is 51.1 Å². The van der Waals surface area contributed by atoms with Gasteiger partial charge in [0.2, 0.25) is 13.6 Å². The van der Waals surface area contributed by atoms with Crippen LogP contribution in [0, 0.1) is 0 Å². The van der Waals surface area contributed by atoms with Crippen molar-refractivity contribution in [2.24, 2.45) is 0 Å². The maximum Gasteiger partial charge on any atom is 0.408 e. The van der Waals surface area contributed by atoms with E-state index in [0.717, 1.165) is 0 Å². The van der Waals surface area contributed by atoms with Crippen molar-refractivity contribution in [3.63, 3.8) is 0 Å². The molecule has 0 aliphatic rings. The molecular weight excluding hydrogens is 444 g/mol. The smallest absolute Gasteiger partial charge is 0.408 e. The third-order valence-corrected chi connectivity index (χ3v) is 6.53. The Labute approximate surface area is 171 Å². The molecular formula is C16H13Cl4NO4S. The standard InChI is InChI=1S/C16H13Cl4NO4S/c17-12-6-8-13(9-7-12)26(23,24)14(16(18,19)20)21-15(22)25-10-11-4-2-1-3-5-11/h1-9,14H,10H2,(H,21,22)/t14-/m0/s1. The fraction of sp³-hybridized carbons (Fsp3) is 0.188. The Balaban J connectivity index is 2.17. The lowest BCUT2D eigenvalue weighted by Gasteiger charge is -2.25. The number of ether oxygens (including phenoxy) is 1. The van der Waals surface area contributed by atoms with Gasteiger partial charge in [-0.15, -0.1) is 0 Å². The minimum atomic E-state index is -4.22. The molecule has 0 saturated heterocycles. The molecule has 1 atom stereocenters. The number of hydrogen-bond donors (Lipinski definition) is 1. The van der Waals surface area contributed by atoms with Crippen molar-refractivity contribution in [1.82, 2.24) is 5.32 Å². The highest BCUT2D eigenvalue weighted by Crippen LogP contribution is 2.36. The van der Waals surface area contributed by atoms with Crippen LogP contribution in [0.3, 0.4) is 0 Å². The zero-order chi connectivity index (χ0) is 19.4. The summed E-state index contributed by atoms with van der Waals surface area (Å²) in [5.41, 5.74) is 0.716. The number of carbonyl (C=O) groups excluding carboxylic acids is 1. The van der Waals surface area contributed by atoms with Crippen molar-refractivity contribution in [3.05, 3.63) is 65.2 Å². The van der Waals surface area contributed by atoms with Gasteiger partial charge >= 0.3 is 6.09 Å². The summed E-state index contributed by atoms with van der Waals surface area (Å²) in [7, 11) is -4.22. The number of sulfone groups is 1. The van der Waals surface area contributed by atoms with Crippen molar-refractivity contribution in [2.75, 3.05) is 0 Å². The predicted molar refractivity (Wildman–Crippen MR) is 102 cm³/mol. The number of amides is 1. The normalized spacial score (nSPS) is 13.1. The molecule has 2 aromatic carbocycles. The topological polar surface area (TPSA) is 72.5 Å². The van der Waals surface area contributed by atoms with Crippen LogP contribution in [0.15, 0.2) is 59.5 Å². The van der Waals surface area contributed by atoms with Crippen molar-refractivity contribution >= 4 is 62.3 Å². The van der Waals surface area contributed by atoms with Crippen LogP contribution in [-0.2, 0) is 21.2 Å². The van der Waals surface area contributed by atoms with Gasteiger partial charge in [0.1, 0.15) is 6.61 Å². The first-order valence-corrected chi connectivity index (χ1v) is 10.2. The quantitative estimate of drug-likeness (QED) is 0.659. The monoisotopic (exact) mass is 455 g/mol. The molecule has 0 aliphatic carbocycles. The van der Waals surface area contributed by atoms with Gasteiger partial charge in [-0.25, -0.2) is 13.2 Å². The summed E-state index contributed by atoms with van der Waals surface area (Å²) in [6.07, 6.45) is -1.04. The van der Waals surface area contributed by atoms with E-state index in [1.807, 2.05) is 0 Å². The number of alkyl carbamates (subject to hydrolysis) is 1. The third kappa shape index (κ3) is 5.66. The Kier molecular flexibility index (Phi) is 7.05. The van der Waals surface area contributed by atoms with E-state index in [-0.39, 0.29) is 11.5 Å². The fourth-order valence-corrected chi connectivity index (χ4v) is 4.70. The summed E-state index contributed by atoms with van der Waals surface area (Å²) in [4.78, 5) is 11.8. The molecule has 2 aromatic rings. The first kappa shape index (κ1) is 21.1. The van der Waals surface area contributed by atoms with Crippen LogP contribution < -0.4 is 5.32 Å². The zero-order valence-electron chi connectivity index (χ0n) is 13.0. The van der Waals surface area contributed by atoms with Crippen LogP contribution in [0.5, 0.6) is 0 Å². The molecule has 1 N–H and O–H groups in total. The molecule has 1 amide bonds. The second-order valence-electron chi connectivity index (χ2n) is 5.13. The highest BCUT2D eigenvalue weighted by molar-refractivity contribution is 7.92. The molecule has 0 unspecified atom stereocenters. The average molecular weight is 457 g/mol. The molecule has 0 bridgehead atoms. The van der Waals surface area contributed by atoms with Gasteiger partial charge in [-0.05, 0) is 29.8 Å². The molecule has 140 valence electrons. The summed E-state index contributed by atoms with van der Waals surface area (Å²) < 4.78 is 28.1. The predicted octanol–water partition coefficient (Wildman–Crippen LogP) is 4.74. The largest absolute Gasteiger partial charge is 0.445 e. The number of benzene rings is 2. The van der Waals surface area contributed by atoms with Crippen molar-refractivity contribution in [1.29, 1.82) is 0 Å². The molecule has 0 aromatic heterocycles. The molecule has 0 radical (unpaired) electrons. The van der Waals surface area contributed by atoms with Crippen LogP contribution in [-0.4, -0.2) is 23.7 Å². The number of rotatable bonds is 5. The Hall–Kier alpha value is -1.18. The summed E-state index contributed by atoms with van der Waals surface area (Å²) in [5, 5.41) is 0.583. The lowest BCUT2D eigenvalue weighted by Crippen LogP contribution is -2.49. The first-order chi connectivity index (χ1) is 12.1. The third-order valence-electron chi connectivity index (χ3n) is 3.21. The van der Waals surface area contributed by atoms with E-state index in [1.165, 1.54) is 24.3 Å². The van der Waals surface area contributed by atoms with Crippen LogP contribution in [0.1, 0.15) is 5.56 Å². The van der Waals surface area contributed by atoms with E-state index < -0.39 is 25.1 Å². The minimum absolute atomic E-state index is 0.0692. The average Bonchev–Trinajstić information content (AvgIpc) is 2.58. The van der Waals surface area contributed by atoms with E-state index in [9.17, 15) is 13.2 Å². The number of hydrogen-bond acceptors (Lipinski definition) is 4. The molecule has 0 heterocycles. The Bertz CT molecular complexity index is 852. The molecule has 26 heavy (non-hydrogen) atoms. The summed E-state index contributed by atoms with van der Waals surface area (Å²) in [5.74, 6) is 0. The van der Waals surface area contributed by atoms with Crippen LogP contribution in [0.4, 0.5) is 4.79 Å². The summed E-state index contributed by atoms with van der Waals surface area (Å²) >= 11 is 23.1. The van der Waals surface area contributed by atoms with Gasteiger partial charge in [0.15, 0.2) is 5.37 Å². The van der Waals surface area contributed by atoms with Gasteiger partial charge in [0.25, 0.3) is 0 Å². The van der Waals surface area contributed by atoms with E-state index in [0.29, 0.717) is 10.6 Å². The van der Waals surface area contributed by atoms with Crippen molar-refractivity contribution in [3.8, 4) is 0 Å². The van der Waals surface area contributed by atoms with Crippen LogP contribution in [0.25, 0.3) is 0 Å². The zero-order valence-corrected chi connectivity index (χ0v) is 16.9. The lowest BCUT2D eigenvalue weighted by atomic mass is 10.2.